The predicted molar refractivity (Wildman–Crippen MR) is 140 cm³/mol. The molecule has 2 fully saturated rings. The van der Waals surface area contributed by atoms with Crippen LogP contribution < -0.4 is 10.5 Å². The van der Waals surface area contributed by atoms with E-state index in [4.69, 9.17) is 10.5 Å². The standard InChI is InChI=1S/C23H31N5O9S2/c1-12-19-18(13(2)29)22(31)27(19)20(23(32)37-11-14-3-5-15(6-4-14)28(33)34)21(12)38-17-9-26(10-17)39(35,36)25-8-16(30)7-24/h3-6,12-13,16-19,25,29-30H,7-11,24H2,1-2H3/t12-,13-,16?,18-,19-/m1/s1. The maximum atomic E-state index is 13.2. The monoisotopic (exact) mass is 585 g/mol. The van der Waals surface area contributed by atoms with Crippen molar-refractivity contribution in [1.29, 1.82) is 0 Å². The highest BCUT2D eigenvalue weighted by atomic mass is 32.2. The van der Waals surface area contributed by atoms with E-state index in [1.165, 1.54) is 52.2 Å². The molecule has 39 heavy (non-hydrogen) atoms. The number of nitro benzene ring substituents is 1. The number of non-ortho nitro benzene ring substituents is 1. The summed E-state index contributed by atoms with van der Waals surface area (Å²) in [5, 5.41) is 30.4. The number of carbonyl (C=O) groups is 2. The van der Waals surface area contributed by atoms with E-state index in [1.807, 2.05) is 6.92 Å². The molecule has 4 rings (SSSR count). The Morgan fingerprint density at radius 3 is 2.51 bits per heavy atom. The van der Waals surface area contributed by atoms with Gasteiger partial charge in [0, 0.05) is 54.4 Å². The molecule has 0 aromatic heterocycles. The fourth-order valence-electron chi connectivity index (χ4n) is 4.83. The number of fused-ring (bicyclic) bond motifs is 1. The van der Waals surface area contributed by atoms with Crippen molar-refractivity contribution in [2.24, 2.45) is 17.6 Å². The molecule has 16 heteroatoms. The number of nitrogens with one attached hydrogen (secondary N) is 1. The largest absolute Gasteiger partial charge is 0.456 e. The Bertz CT molecular complexity index is 1270. The minimum absolute atomic E-state index is 0.0758. The number of carbonyl (C=O) groups excluding carboxylic acids is 2. The second kappa shape index (κ2) is 11.5. The SMILES string of the molecule is C[C@@H](O)[C@H]1C(=O)N2C(C(=O)OCc3ccc([N+](=O)[O-])cc3)=C(SC3CN(S(=O)(=O)NCC(O)CN)C3)[C@H](C)[C@H]12. The third-order valence-electron chi connectivity index (χ3n) is 7.04. The van der Waals surface area contributed by atoms with Crippen LogP contribution in [0.1, 0.15) is 19.4 Å². The van der Waals surface area contributed by atoms with Gasteiger partial charge in [-0.2, -0.15) is 17.4 Å². The fraction of sp³-hybridized carbons (Fsp3) is 0.565. The second-order valence-electron chi connectivity index (χ2n) is 9.77. The summed E-state index contributed by atoms with van der Waals surface area (Å²) in [6.45, 7) is 3.21. The van der Waals surface area contributed by atoms with E-state index in [0.717, 1.165) is 0 Å². The van der Waals surface area contributed by atoms with Crippen LogP contribution in [0.2, 0.25) is 0 Å². The topological polar surface area (TPSA) is 206 Å². The number of nitrogens with zero attached hydrogens (tertiary/aromatic N) is 3. The second-order valence-corrected chi connectivity index (χ2v) is 12.9. The number of thioether (sulfide) groups is 1. The first-order chi connectivity index (χ1) is 18.4. The number of amides is 1. The smallest absolute Gasteiger partial charge is 0.356 e. The molecule has 1 aromatic carbocycles. The van der Waals surface area contributed by atoms with Crippen LogP contribution in [0.3, 0.4) is 0 Å². The molecule has 3 aliphatic heterocycles. The summed E-state index contributed by atoms with van der Waals surface area (Å²) >= 11 is 1.30. The Morgan fingerprint density at radius 2 is 1.95 bits per heavy atom. The van der Waals surface area contributed by atoms with Gasteiger partial charge in [0.15, 0.2) is 0 Å². The molecule has 5 atom stereocenters. The minimum Gasteiger partial charge on any atom is -0.456 e. The number of rotatable bonds is 12. The predicted octanol–water partition coefficient (Wildman–Crippen LogP) is -0.721. The first kappa shape index (κ1) is 29.4. The Morgan fingerprint density at radius 1 is 1.31 bits per heavy atom. The highest BCUT2D eigenvalue weighted by molar-refractivity contribution is 8.04. The van der Waals surface area contributed by atoms with Crippen molar-refractivity contribution >= 4 is 39.5 Å². The summed E-state index contributed by atoms with van der Waals surface area (Å²) in [7, 11) is -3.82. The Labute approximate surface area is 229 Å². The molecular formula is C23H31N5O9S2. The van der Waals surface area contributed by atoms with Gasteiger partial charge in [-0.1, -0.05) is 6.92 Å². The summed E-state index contributed by atoms with van der Waals surface area (Å²) < 4.78 is 33.9. The lowest BCUT2D eigenvalue weighted by molar-refractivity contribution is -0.384. The highest BCUT2D eigenvalue weighted by Gasteiger charge is 2.60. The third-order valence-corrected chi connectivity index (χ3v) is 10.0. The molecule has 0 bridgehead atoms. The van der Waals surface area contributed by atoms with E-state index in [-0.39, 0.29) is 61.2 Å². The van der Waals surface area contributed by atoms with Gasteiger partial charge in [0.1, 0.15) is 12.3 Å². The van der Waals surface area contributed by atoms with Crippen LogP contribution in [-0.4, -0.2) is 94.3 Å². The molecule has 3 heterocycles. The van der Waals surface area contributed by atoms with E-state index < -0.39 is 45.3 Å². The van der Waals surface area contributed by atoms with Gasteiger partial charge in [-0.15, -0.1) is 11.8 Å². The zero-order chi connectivity index (χ0) is 28.6. The van der Waals surface area contributed by atoms with E-state index >= 15 is 0 Å². The molecule has 0 saturated carbocycles. The van der Waals surface area contributed by atoms with Crippen LogP contribution >= 0.6 is 11.8 Å². The van der Waals surface area contributed by atoms with Crippen molar-refractivity contribution < 1.29 is 37.9 Å². The summed E-state index contributed by atoms with van der Waals surface area (Å²) in [6, 6.07) is 5.10. The van der Waals surface area contributed by atoms with Crippen LogP contribution in [0, 0.1) is 22.0 Å². The van der Waals surface area contributed by atoms with Crippen LogP contribution in [-0.2, 0) is 31.1 Å². The lowest BCUT2D eigenvalue weighted by atomic mass is 9.79. The van der Waals surface area contributed by atoms with Crippen molar-refractivity contribution in [3.63, 3.8) is 0 Å². The molecule has 14 nitrogen and oxygen atoms in total. The normalized spacial score (nSPS) is 25.1. The number of aliphatic hydroxyl groups is 2. The van der Waals surface area contributed by atoms with E-state index in [0.29, 0.717) is 10.5 Å². The first-order valence-electron chi connectivity index (χ1n) is 12.3. The molecular weight excluding hydrogens is 554 g/mol. The third kappa shape index (κ3) is 5.82. The van der Waals surface area contributed by atoms with Gasteiger partial charge in [0.25, 0.3) is 15.9 Å². The van der Waals surface area contributed by atoms with Crippen LogP contribution in [0.15, 0.2) is 34.9 Å². The summed E-state index contributed by atoms with van der Waals surface area (Å²) in [5.74, 6) is -2.10. The lowest BCUT2D eigenvalue weighted by Gasteiger charge is -2.46. The van der Waals surface area contributed by atoms with E-state index in [9.17, 15) is 38.3 Å². The number of hydrogen-bond acceptors (Lipinski definition) is 11. The van der Waals surface area contributed by atoms with Crippen molar-refractivity contribution in [3.05, 3.63) is 50.5 Å². The van der Waals surface area contributed by atoms with E-state index in [2.05, 4.69) is 4.72 Å². The number of esters is 1. The molecule has 2 saturated heterocycles. The molecule has 0 radical (unpaired) electrons. The van der Waals surface area contributed by atoms with Crippen molar-refractivity contribution in [3.8, 4) is 0 Å². The van der Waals surface area contributed by atoms with Crippen molar-refractivity contribution in [1.82, 2.24) is 13.9 Å². The quantitative estimate of drug-likeness (QED) is 0.104. The van der Waals surface area contributed by atoms with Crippen LogP contribution in [0.5, 0.6) is 0 Å². The van der Waals surface area contributed by atoms with Gasteiger partial charge in [0.2, 0.25) is 5.91 Å². The van der Waals surface area contributed by atoms with Crippen molar-refractivity contribution in [2.75, 3.05) is 26.2 Å². The number of nitro groups is 1. The zero-order valence-corrected chi connectivity index (χ0v) is 22.9. The number of aliphatic hydroxyl groups excluding tert-OH is 2. The average Bonchev–Trinajstić information content (AvgIpc) is 3.10. The highest BCUT2D eigenvalue weighted by Crippen LogP contribution is 2.52. The number of benzene rings is 1. The summed E-state index contributed by atoms with van der Waals surface area (Å²) in [4.78, 5) is 38.4. The van der Waals surface area contributed by atoms with Gasteiger partial charge in [-0.3, -0.25) is 14.9 Å². The molecule has 1 aromatic rings. The number of nitrogens with two attached hydrogens (primary N) is 1. The number of β-lactam (4-membered cyclic amide) rings is 1. The summed E-state index contributed by atoms with van der Waals surface area (Å²) in [6.07, 6.45) is -1.92. The van der Waals surface area contributed by atoms with Gasteiger partial charge >= 0.3 is 5.97 Å². The van der Waals surface area contributed by atoms with Crippen molar-refractivity contribution in [2.45, 2.75) is 44.0 Å². The van der Waals surface area contributed by atoms with Gasteiger partial charge in [0.05, 0.1) is 29.1 Å². The lowest BCUT2D eigenvalue weighted by Crippen LogP contribution is -2.63. The van der Waals surface area contributed by atoms with E-state index in [1.54, 1.807) is 0 Å². The molecule has 1 amide bonds. The molecule has 0 aliphatic carbocycles. The molecule has 3 aliphatic rings. The van der Waals surface area contributed by atoms with Gasteiger partial charge in [-0.05, 0) is 24.6 Å². The Balaban J connectivity index is 1.47. The number of hydrogen-bond donors (Lipinski definition) is 4. The van der Waals surface area contributed by atoms with Gasteiger partial charge < -0.3 is 25.6 Å². The minimum atomic E-state index is -3.82. The Hall–Kier alpha value is -2.60. The average molecular weight is 586 g/mol. The van der Waals surface area contributed by atoms with Crippen LogP contribution in [0.25, 0.3) is 0 Å². The maximum absolute atomic E-state index is 13.2. The fourth-order valence-corrected chi connectivity index (χ4v) is 7.87. The molecule has 1 unspecified atom stereocenters. The molecule has 214 valence electrons. The maximum Gasteiger partial charge on any atom is 0.356 e. The summed E-state index contributed by atoms with van der Waals surface area (Å²) in [5.41, 5.74) is 5.81. The van der Waals surface area contributed by atoms with Gasteiger partial charge in [-0.25, -0.2) is 4.79 Å². The number of ether oxygens (including phenoxy) is 1. The Kier molecular flexibility index (Phi) is 8.65. The molecule has 0 spiro atoms. The zero-order valence-electron chi connectivity index (χ0n) is 21.3. The molecule has 5 N–H and O–H groups in total. The van der Waals surface area contributed by atoms with Crippen LogP contribution in [0.4, 0.5) is 5.69 Å². The first-order valence-corrected chi connectivity index (χ1v) is 14.6.